The third kappa shape index (κ3) is 6.90. The van der Waals surface area contributed by atoms with Gasteiger partial charge >= 0.3 is 0 Å². The Balaban J connectivity index is 2.19. The van der Waals surface area contributed by atoms with Crippen molar-refractivity contribution in [1.82, 2.24) is 10.2 Å². The number of nitrogens with zero attached hydrogens (tertiary/aromatic N) is 1. The van der Waals surface area contributed by atoms with Crippen LogP contribution in [-0.4, -0.2) is 35.9 Å². The predicted octanol–water partition coefficient (Wildman–Crippen LogP) is 4.41. The molecule has 0 unspecified atom stereocenters. The van der Waals surface area contributed by atoms with Crippen LogP contribution in [0.3, 0.4) is 0 Å². The van der Waals surface area contributed by atoms with Crippen molar-refractivity contribution in [2.24, 2.45) is 0 Å². The Morgan fingerprint density at radius 3 is 2.50 bits per heavy atom. The van der Waals surface area contributed by atoms with E-state index in [4.69, 9.17) is 4.74 Å². The molecule has 2 aromatic carbocycles. The van der Waals surface area contributed by atoms with E-state index < -0.39 is 6.04 Å². The van der Waals surface area contributed by atoms with Crippen molar-refractivity contribution in [3.8, 4) is 5.75 Å². The van der Waals surface area contributed by atoms with Crippen LogP contribution in [0.5, 0.6) is 5.75 Å². The van der Waals surface area contributed by atoms with Gasteiger partial charge in [0, 0.05) is 13.1 Å². The van der Waals surface area contributed by atoms with Crippen molar-refractivity contribution in [2.45, 2.75) is 59.5 Å². The zero-order chi connectivity index (χ0) is 21.9. The van der Waals surface area contributed by atoms with Gasteiger partial charge in [0.1, 0.15) is 11.8 Å². The number of hydrogen-bond acceptors (Lipinski definition) is 3. The van der Waals surface area contributed by atoms with Crippen molar-refractivity contribution in [3.63, 3.8) is 0 Å². The lowest BCUT2D eigenvalue weighted by Gasteiger charge is -2.31. The molecule has 2 amide bonds. The lowest BCUT2D eigenvalue weighted by Crippen LogP contribution is -2.50. The van der Waals surface area contributed by atoms with Crippen LogP contribution in [0.15, 0.2) is 48.5 Å². The highest BCUT2D eigenvalue weighted by molar-refractivity contribution is 5.88. The van der Waals surface area contributed by atoms with Crippen LogP contribution < -0.4 is 10.1 Å². The van der Waals surface area contributed by atoms with Crippen molar-refractivity contribution in [3.05, 3.63) is 65.2 Å². The van der Waals surface area contributed by atoms with E-state index in [1.54, 1.807) is 4.90 Å². The number of ether oxygens (including phenoxy) is 1. The van der Waals surface area contributed by atoms with Crippen LogP contribution >= 0.6 is 0 Å². The molecule has 0 aliphatic carbocycles. The maximum atomic E-state index is 13.2. The molecule has 0 bridgehead atoms. The number of rotatable bonds is 11. The molecule has 30 heavy (non-hydrogen) atoms. The third-order valence-electron chi connectivity index (χ3n) is 5.17. The first-order chi connectivity index (χ1) is 14.5. The summed E-state index contributed by atoms with van der Waals surface area (Å²) in [5.41, 5.74) is 3.19. The number of carbonyl (C=O) groups excluding carboxylic acids is 2. The standard InChI is InChI=1S/C25H34N2O3/c1-5-7-15-26-25(29)23(6-2)27(17-21-13-9-8-12-20(21)4)24(28)18-30-22-14-10-11-19(3)16-22/h8-14,16,23H,5-7,15,17-18H2,1-4H3,(H,26,29)/t23-/m1/s1. The molecular weight excluding hydrogens is 376 g/mol. The fourth-order valence-electron chi connectivity index (χ4n) is 3.33. The SMILES string of the molecule is CCCCNC(=O)[C@@H](CC)N(Cc1ccccc1C)C(=O)COc1cccc(C)c1. The van der Waals surface area contributed by atoms with Gasteiger partial charge in [-0.1, -0.05) is 56.7 Å². The van der Waals surface area contributed by atoms with Gasteiger partial charge in [-0.15, -0.1) is 0 Å². The van der Waals surface area contributed by atoms with Crippen LogP contribution in [0.1, 0.15) is 49.8 Å². The average molecular weight is 411 g/mol. The molecular formula is C25H34N2O3. The fourth-order valence-corrected chi connectivity index (χ4v) is 3.33. The number of unbranched alkanes of at least 4 members (excludes halogenated alkanes) is 1. The van der Waals surface area contributed by atoms with E-state index in [-0.39, 0.29) is 18.4 Å². The van der Waals surface area contributed by atoms with E-state index >= 15 is 0 Å². The van der Waals surface area contributed by atoms with Crippen LogP contribution in [-0.2, 0) is 16.1 Å². The van der Waals surface area contributed by atoms with Crippen LogP contribution in [0, 0.1) is 13.8 Å². The Morgan fingerprint density at radius 1 is 1.07 bits per heavy atom. The number of hydrogen-bond donors (Lipinski definition) is 1. The number of nitrogens with one attached hydrogen (secondary N) is 1. The van der Waals surface area contributed by atoms with Gasteiger partial charge in [-0.25, -0.2) is 0 Å². The lowest BCUT2D eigenvalue weighted by molar-refractivity contribution is -0.143. The van der Waals surface area contributed by atoms with Gasteiger partial charge in [0.2, 0.25) is 5.91 Å². The number of amides is 2. The molecule has 0 saturated heterocycles. The Kier molecular flexibility index (Phi) is 9.39. The van der Waals surface area contributed by atoms with E-state index in [1.807, 2.05) is 69.3 Å². The quantitative estimate of drug-likeness (QED) is 0.559. The zero-order valence-corrected chi connectivity index (χ0v) is 18.6. The van der Waals surface area contributed by atoms with Gasteiger partial charge in [0.15, 0.2) is 6.61 Å². The molecule has 0 fully saturated rings. The lowest BCUT2D eigenvalue weighted by atomic mass is 10.1. The smallest absolute Gasteiger partial charge is 0.261 e. The number of carbonyl (C=O) groups is 2. The van der Waals surface area contributed by atoms with Gasteiger partial charge in [0.05, 0.1) is 0 Å². The molecule has 0 aliphatic heterocycles. The molecule has 0 aliphatic rings. The minimum Gasteiger partial charge on any atom is -0.484 e. The van der Waals surface area contributed by atoms with Crippen LogP contribution in [0.25, 0.3) is 0 Å². The summed E-state index contributed by atoms with van der Waals surface area (Å²) in [4.78, 5) is 27.7. The summed E-state index contributed by atoms with van der Waals surface area (Å²) < 4.78 is 5.75. The first kappa shape index (κ1) is 23.5. The number of aryl methyl sites for hydroxylation is 2. The highest BCUT2D eigenvalue weighted by Crippen LogP contribution is 2.17. The molecule has 1 N–H and O–H groups in total. The molecule has 2 aromatic rings. The zero-order valence-electron chi connectivity index (χ0n) is 18.6. The Hall–Kier alpha value is -2.82. The molecule has 5 heteroatoms. The van der Waals surface area contributed by atoms with E-state index in [1.165, 1.54) is 0 Å². The second-order valence-electron chi connectivity index (χ2n) is 7.62. The molecule has 0 spiro atoms. The largest absolute Gasteiger partial charge is 0.484 e. The van der Waals surface area contributed by atoms with E-state index in [9.17, 15) is 9.59 Å². The monoisotopic (exact) mass is 410 g/mol. The molecule has 0 heterocycles. The molecule has 5 nitrogen and oxygen atoms in total. The molecule has 162 valence electrons. The highest BCUT2D eigenvalue weighted by atomic mass is 16.5. The number of benzene rings is 2. The molecule has 0 radical (unpaired) electrons. The van der Waals surface area contributed by atoms with E-state index in [0.717, 1.165) is 29.5 Å². The minimum atomic E-state index is -0.532. The summed E-state index contributed by atoms with van der Waals surface area (Å²) in [6.45, 7) is 8.91. The van der Waals surface area contributed by atoms with Gasteiger partial charge in [-0.3, -0.25) is 9.59 Å². The summed E-state index contributed by atoms with van der Waals surface area (Å²) in [6, 6.07) is 15.0. The summed E-state index contributed by atoms with van der Waals surface area (Å²) >= 11 is 0. The van der Waals surface area contributed by atoms with E-state index in [2.05, 4.69) is 12.2 Å². The molecule has 2 rings (SSSR count). The van der Waals surface area contributed by atoms with Gasteiger partial charge in [-0.05, 0) is 55.5 Å². The second kappa shape index (κ2) is 12.0. The summed E-state index contributed by atoms with van der Waals surface area (Å²) in [5.74, 6) is 0.348. The first-order valence-electron chi connectivity index (χ1n) is 10.8. The third-order valence-corrected chi connectivity index (χ3v) is 5.17. The van der Waals surface area contributed by atoms with Crippen molar-refractivity contribution >= 4 is 11.8 Å². The Bertz CT molecular complexity index is 835. The average Bonchev–Trinajstić information content (AvgIpc) is 2.73. The summed E-state index contributed by atoms with van der Waals surface area (Å²) in [7, 11) is 0. The highest BCUT2D eigenvalue weighted by Gasteiger charge is 2.29. The maximum absolute atomic E-state index is 13.2. The maximum Gasteiger partial charge on any atom is 0.261 e. The Morgan fingerprint density at radius 2 is 1.83 bits per heavy atom. The normalized spacial score (nSPS) is 11.6. The van der Waals surface area contributed by atoms with Crippen molar-refractivity contribution in [1.29, 1.82) is 0 Å². The second-order valence-corrected chi connectivity index (χ2v) is 7.62. The first-order valence-corrected chi connectivity index (χ1v) is 10.8. The molecule has 0 saturated carbocycles. The van der Waals surface area contributed by atoms with Gasteiger partial charge < -0.3 is 15.0 Å². The van der Waals surface area contributed by atoms with Crippen LogP contribution in [0.4, 0.5) is 0 Å². The van der Waals surface area contributed by atoms with Gasteiger partial charge in [-0.2, -0.15) is 0 Å². The van der Waals surface area contributed by atoms with Crippen molar-refractivity contribution < 1.29 is 14.3 Å². The fraction of sp³-hybridized carbons (Fsp3) is 0.440. The Labute approximate surface area is 180 Å². The summed E-state index contributed by atoms with van der Waals surface area (Å²) in [5, 5.41) is 2.98. The minimum absolute atomic E-state index is 0.103. The topological polar surface area (TPSA) is 58.6 Å². The van der Waals surface area contributed by atoms with E-state index in [0.29, 0.717) is 25.3 Å². The summed E-state index contributed by atoms with van der Waals surface area (Å²) in [6.07, 6.45) is 2.47. The predicted molar refractivity (Wildman–Crippen MR) is 120 cm³/mol. The van der Waals surface area contributed by atoms with Crippen molar-refractivity contribution in [2.75, 3.05) is 13.2 Å². The van der Waals surface area contributed by atoms with Crippen LogP contribution in [0.2, 0.25) is 0 Å². The molecule has 1 atom stereocenters. The molecule has 0 aromatic heterocycles. The van der Waals surface area contributed by atoms with Gasteiger partial charge in [0.25, 0.3) is 5.91 Å².